The quantitative estimate of drug-likeness (QED) is 0.180. The Balaban J connectivity index is 2.20. The SMILES string of the molecule is Cc1c(C)c(C)c(-c2cc(-c3c(C)c(C)c(C)c(C)c3C)c(-c3c(C)c(C)c(C)c(C)c3C)cc2-c2c(C)c(C)c(C)c(C)c2C)c(C)c1C. The van der Waals surface area contributed by atoms with Crippen molar-refractivity contribution in [3.63, 3.8) is 0 Å². The zero-order chi connectivity index (χ0) is 37.6. The Hall–Kier alpha value is -3.90. The van der Waals surface area contributed by atoms with Crippen LogP contribution in [0.3, 0.4) is 0 Å². The molecule has 0 amide bonds. The van der Waals surface area contributed by atoms with Crippen LogP contribution in [0.15, 0.2) is 12.1 Å². The minimum Gasteiger partial charge on any atom is -0.0452 e. The van der Waals surface area contributed by atoms with Crippen LogP contribution in [0.4, 0.5) is 0 Å². The lowest BCUT2D eigenvalue weighted by molar-refractivity contribution is 1.16. The highest BCUT2D eigenvalue weighted by molar-refractivity contribution is 6.00. The number of rotatable bonds is 4. The second-order valence-electron chi connectivity index (χ2n) is 15.9. The highest BCUT2D eigenvalue weighted by Gasteiger charge is 2.27. The summed E-state index contributed by atoms with van der Waals surface area (Å²) in [6, 6.07) is 5.23. The summed E-state index contributed by atoms with van der Waals surface area (Å²) in [5.41, 5.74) is 38.9. The second-order valence-corrected chi connectivity index (χ2v) is 15.9. The van der Waals surface area contributed by atoms with Gasteiger partial charge in [0.05, 0.1) is 0 Å². The Morgan fingerprint density at radius 1 is 0.160 bits per heavy atom. The molecule has 0 saturated carbocycles. The minimum absolute atomic E-state index is 1.35. The number of benzene rings is 5. The summed E-state index contributed by atoms with van der Waals surface area (Å²) in [5.74, 6) is 0. The second kappa shape index (κ2) is 13.0. The molecule has 0 aliphatic rings. The van der Waals surface area contributed by atoms with E-state index < -0.39 is 0 Å². The molecule has 5 aromatic carbocycles. The van der Waals surface area contributed by atoms with Gasteiger partial charge in [-0.1, -0.05) is 0 Å². The standard InChI is InChI=1S/C50H62/c1-23-27(5)35(13)47(36(14)28(23)6)43-21-45(49-39(17)31(9)25(3)32(10)40(49)18)46(50-41(19)33(11)26(4)34(12)42(50)20)22-44(43)48-37(15)29(7)24(2)30(8)38(48)16/h21-22H,1-20H3. The predicted molar refractivity (Wildman–Crippen MR) is 223 cm³/mol. The first kappa shape index (κ1) is 37.4. The fourth-order valence-electron chi connectivity index (χ4n) is 9.04. The summed E-state index contributed by atoms with van der Waals surface area (Å²) < 4.78 is 0. The molecule has 0 aromatic heterocycles. The van der Waals surface area contributed by atoms with Crippen molar-refractivity contribution in [3.8, 4) is 44.5 Å². The van der Waals surface area contributed by atoms with Crippen molar-refractivity contribution in [2.24, 2.45) is 0 Å². The van der Waals surface area contributed by atoms with Gasteiger partial charge in [-0.05, 0) is 306 Å². The molecule has 0 unspecified atom stereocenters. The Labute approximate surface area is 305 Å². The molecular formula is C50H62. The lowest BCUT2D eigenvalue weighted by atomic mass is 9.75. The Kier molecular flexibility index (Phi) is 9.72. The maximum absolute atomic E-state index is 2.62. The van der Waals surface area contributed by atoms with Crippen molar-refractivity contribution < 1.29 is 0 Å². The molecule has 0 N–H and O–H groups in total. The average Bonchev–Trinajstić information content (AvgIpc) is 3.09. The molecule has 0 spiro atoms. The third-order valence-corrected chi connectivity index (χ3v) is 14.2. The molecule has 0 heteroatoms. The highest BCUT2D eigenvalue weighted by atomic mass is 14.3. The van der Waals surface area contributed by atoms with Gasteiger partial charge in [0.1, 0.15) is 0 Å². The van der Waals surface area contributed by atoms with E-state index >= 15 is 0 Å². The van der Waals surface area contributed by atoms with E-state index in [2.05, 4.69) is 151 Å². The molecule has 0 nitrogen and oxygen atoms in total. The first-order valence-corrected chi connectivity index (χ1v) is 18.7. The van der Waals surface area contributed by atoms with Gasteiger partial charge >= 0.3 is 0 Å². The zero-order valence-electron chi connectivity index (χ0n) is 35.2. The van der Waals surface area contributed by atoms with Crippen LogP contribution in [-0.2, 0) is 0 Å². The molecule has 5 aromatic rings. The number of hydrogen-bond acceptors (Lipinski definition) is 0. The van der Waals surface area contributed by atoms with Gasteiger partial charge in [0.25, 0.3) is 0 Å². The van der Waals surface area contributed by atoms with E-state index in [1.807, 2.05) is 0 Å². The molecule has 262 valence electrons. The van der Waals surface area contributed by atoms with Gasteiger partial charge in [0, 0.05) is 0 Å². The van der Waals surface area contributed by atoms with E-state index in [1.165, 1.54) is 156 Å². The van der Waals surface area contributed by atoms with Crippen molar-refractivity contribution in [1.29, 1.82) is 0 Å². The summed E-state index contributed by atoms with van der Waals surface area (Å²) in [4.78, 5) is 0. The molecular weight excluding hydrogens is 601 g/mol. The molecule has 50 heavy (non-hydrogen) atoms. The predicted octanol–water partition coefficient (Wildman–Crippen LogP) is 14.5. The third kappa shape index (κ3) is 5.32. The Morgan fingerprint density at radius 3 is 0.380 bits per heavy atom. The van der Waals surface area contributed by atoms with Crippen LogP contribution >= 0.6 is 0 Å². The Morgan fingerprint density at radius 2 is 0.260 bits per heavy atom. The van der Waals surface area contributed by atoms with Crippen LogP contribution in [0.25, 0.3) is 44.5 Å². The summed E-state index contributed by atoms with van der Waals surface area (Å²) >= 11 is 0. The molecule has 0 aliphatic carbocycles. The zero-order valence-corrected chi connectivity index (χ0v) is 35.2. The van der Waals surface area contributed by atoms with Gasteiger partial charge < -0.3 is 0 Å². The average molecular weight is 663 g/mol. The molecule has 0 heterocycles. The normalized spacial score (nSPS) is 11.6. The van der Waals surface area contributed by atoms with Crippen LogP contribution in [-0.4, -0.2) is 0 Å². The lowest BCUT2D eigenvalue weighted by Gasteiger charge is -2.29. The van der Waals surface area contributed by atoms with Crippen molar-refractivity contribution in [2.75, 3.05) is 0 Å². The van der Waals surface area contributed by atoms with Gasteiger partial charge in [-0.15, -0.1) is 0 Å². The number of hydrogen-bond donors (Lipinski definition) is 0. The molecule has 0 fully saturated rings. The molecule has 0 radical (unpaired) electrons. The summed E-state index contributed by atoms with van der Waals surface area (Å²) in [6.07, 6.45) is 0. The van der Waals surface area contributed by atoms with E-state index in [0.29, 0.717) is 0 Å². The van der Waals surface area contributed by atoms with Crippen molar-refractivity contribution in [2.45, 2.75) is 138 Å². The molecule has 0 saturated heterocycles. The van der Waals surface area contributed by atoms with E-state index in [1.54, 1.807) is 0 Å². The molecule has 0 atom stereocenters. The maximum atomic E-state index is 2.62. The third-order valence-electron chi connectivity index (χ3n) is 14.2. The monoisotopic (exact) mass is 662 g/mol. The smallest absolute Gasteiger partial charge is 0.00931 e. The topological polar surface area (TPSA) is 0 Å². The van der Waals surface area contributed by atoms with Gasteiger partial charge in [-0.2, -0.15) is 0 Å². The van der Waals surface area contributed by atoms with Gasteiger partial charge in [-0.3, -0.25) is 0 Å². The lowest BCUT2D eigenvalue weighted by Crippen LogP contribution is -2.07. The van der Waals surface area contributed by atoms with Crippen LogP contribution in [0.5, 0.6) is 0 Å². The molecule has 0 bridgehead atoms. The first-order valence-electron chi connectivity index (χ1n) is 18.7. The van der Waals surface area contributed by atoms with Gasteiger partial charge in [0.15, 0.2) is 0 Å². The largest absolute Gasteiger partial charge is 0.0452 e. The first-order chi connectivity index (χ1) is 23.2. The van der Waals surface area contributed by atoms with E-state index in [4.69, 9.17) is 0 Å². The van der Waals surface area contributed by atoms with Crippen LogP contribution in [0.1, 0.15) is 111 Å². The van der Waals surface area contributed by atoms with Crippen LogP contribution in [0.2, 0.25) is 0 Å². The fourth-order valence-corrected chi connectivity index (χ4v) is 9.04. The van der Waals surface area contributed by atoms with Gasteiger partial charge in [0.2, 0.25) is 0 Å². The molecule has 0 aliphatic heterocycles. The minimum atomic E-state index is 1.35. The van der Waals surface area contributed by atoms with Crippen molar-refractivity contribution in [3.05, 3.63) is 123 Å². The Bertz CT molecular complexity index is 1840. The van der Waals surface area contributed by atoms with E-state index in [-0.39, 0.29) is 0 Å². The van der Waals surface area contributed by atoms with Crippen molar-refractivity contribution >= 4 is 0 Å². The summed E-state index contributed by atoms with van der Waals surface area (Å²) in [5, 5.41) is 0. The summed E-state index contributed by atoms with van der Waals surface area (Å²) in [6.45, 7) is 46.5. The highest BCUT2D eigenvalue weighted by Crippen LogP contribution is 2.50. The summed E-state index contributed by atoms with van der Waals surface area (Å²) in [7, 11) is 0. The van der Waals surface area contributed by atoms with Crippen LogP contribution in [0, 0.1) is 138 Å². The maximum Gasteiger partial charge on any atom is -0.00931 e. The van der Waals surface area contributed by atoms with Crippen molar-refractivity contribution in [1.82, 2.24) is 0 Å². The molecule has 5 rings (SSSR count). The van der Waals surface area contributed by atoms with E-state index in [9.17, 15) is 0 Å². The van der Waals surface area contributed by atoms with Gasteiger partial charge in [-0.25, -0.2) is 0 Å². The van der Waals surface area contributed by atoms with Crippen LogP contribution < -0.4 is 0 Å². The fraction of sp³-hybridized carbons (Fsp3) is 0.400. The van der Waals surface area contributed by atoms with E-state index in [0.717, 1.165) is 0 Å².